The molecule has 0 aliphatic heterocycles. The van der Waals surface area contributed by atoms with Gasteiger partial charge in [-0.3, -0.25) is 0 Å². The molecule has 0 aromatic heterocycles. The van der Waals surface area contributed by atoms with Gasteiger partial charge in [0.05, 0.1) is 0 Å². The van der Waals surface area contributed by atoms with Crippen LogP contribution in [0.4, 0.5) is 4.79 Å². The van der Waals surface area contributed by atoms with Crippen LogP contribution in [0.1, 0.15) is 29.0 Å². The van der Waals surface area contributed by atoms with E-state index in [0.29, 0.717) is 5.32 Å². The minimum atomic E-state index is -0.949. The first-order valence-electron chi connectivity index (χ1n) is 10.6. The van der Waals surface area contributed by atoms with Crippen molar-refractivity contribution in [1.29, 1.82) is 0 Å². The predicted molar refractivity (Wildman–Crippen MR) is 127 cm³/mol. The second kappa shape index (κ2) is 10.6. The Morgan fingerprint density at radius 1 is 0.970 bits per heavy atom. The van der Waals surface area contributed by atoms with Gasteiger partial charge in [0.1, 0.15) is 0 Å². The first-order valence-corrected chi connectivity index (χ1v) is 12.8. The number of carbonyl (C=O) groups excluding carboxylic acids is 1. The zero-order chi connectivity index (χ0) is 23.2. The average molecular weight is 510 g/mol. The second-order valence-corrected chi connectivity index (χ2v) is 10.2. The van der Waals surface area contributed by atoms with Crippen LogP contribution < -0.4 is 10.1 Å². The third-order valence-corrected chi connectivity index (χ3v) is 8.08. The summed E-state index contributed by atoms with van der Waals surface area (Å²) in [5.74, 6) is -0.216. The molecule has 4 rings (SSSR count). The quantitative estimate of drug-likeness (QED) is 0.421. The number of amides is 1. The van der Waals surface area contributed by atoms with Gasteiger partial charge in [-0.2, -0.15) is 0 Å². The number of carboxylic acid groups (broad SMARTS) is 1. The summed E-state index contributed by atoms with van der Waals surface area (Å²) in [7, 11) is 1.61. The fourth-order valence-corrected chi connectivity index (χ4v) is 6.15. The minimum absolute atomic E-state index is 0.0362. The van der Waals surface area contributed by atoms with E-state index in [2.05, 4.69) is 29.6 Å². The van der Waals surface area contributed by atoms with Crippen molar-refractivity contribution in [3.63, 3.8) is 0 Å². The summed E-state index contributed by atoms with van der Waals surface area (Å²) >= 11 is -0.154. The number of aliphatic carboxylic acids is 1. The number of hydrogen-bond acceptors (Lipinski definition) is 4. The molecular formula is C26H25NO5Se. The molecule has 170 valence electrons. The maximum atomic E-state index is 12.6. The molecule has 1 atom stereocenters. The van der Waals surface area contributed by atoms with Gasteiger partial charge in [0, 0.05) is 0 Å². The van der Waals surface area contributed by atoms with Crippen molar-refractivity contribution < 1.29 is 24.2 Å². The van der Waals surface area contributed by atoms with E-state index in [-0.39, 0.29) is 33.9 Å². The van der Waals surface area contributed by atoms with Crippen molar-refractivity contribution in [3.05, 3.63) is 89.5 Å². The van der Waals surface area contributed by atoms with Crippen molar-refractivity contribution in [3.8, 4) is 16.9 Å². The Bertz CT molecular complexity index is 1090. The van der Waals surface area contributed by atoms with E-state index < -0.39 is 17.0 Å². The van der Waals surface area contributed by atoms with E-state index in [0.717, 1.165) is 33.6 Å². The van der Waals surface area contributed by atoms with Crippen LogP contribution in [-0.4, -0.2) is 50.8 Å². The van der Waals surface area contributed by atoms with Gasteiger partial charge >= 0.3 is 199 Å². The summed E-state index contributed by atoms with van der Waals surface area (Å²) in [5, 5.41) is 12.8. The molecule has 0 radical (unpaired) electrons. The molecule has 0 heterocycles. The number of ether oxygens (including phenoxy) is 2. The molecular weight excluding hydrogens is 485 g/mol. The van der Waals surface area contributed by atoms with E-state index in [9.17, 15) is 14.7 Å². The number of nitrogens with one attached hydrogen (secondary N) is 1. The Kier molecular flexibility index (Phi) is 7.33. The third kappa shape index (κ3) is 5.56. The second-order valence-electron chi connectivity index (χ2n) is 7.72. The van der Waals surface area contributed by atoms with Crippen LogP contribution in [-0.2, 0) is 14.9 Å². The number of hydrogen-bond donors (Lipinski definition) is 2. The summed E-state index contributed by atoms with van der Waals surface area (Å²) in [6, 6.07) is 23.9. The van der Waals surface area contributed by atoms with E-state index >= 15 is 0 Å². The Hall–Kier alpha value is -3.28. The van der Waals surface area contributed by atoms with Crippen molar-refractivity contribution in [2.45, 2.75) is 22.6 Å². The molecule has 1 aliphatic carbocycles. The summed E-state index contributed by atoms with van der Waals surface area (Å²) in [6.07, 6.45) is -0.722. The summed E-state index contributed by atoms with van der Waals surface area (Å²) in [5.41, 5.74) is 5.66. The zero-order valence-electron chi connectivity index (χ0n) is 18.2. The summed E-state index contributed by atoms with van der Waals surface area (Å²) in [4.78, 5) is 23.4. The van der Waals surface area contributed by atoms with Crippen LogP contribution in [0.5, 0.6) is 5.75 Å². The van der Waals surface area contributed by atoms with E-state index in [1.807, 2.05) is 48.5 Å². The van der Waals surface area contributed by atoms with Gasteiger partial charge in [-0.05, 0) is 0 Å². The molecule has 33 heavy (non-hydrogen) atoms. The average Bonchev–Trinajstić information content (AvgIpc) is 3.15. The summed E-state index contributed by atoms with van der Waals surface area (Å²) < 4.78 is 10.8. The van der Waals surface area contributed by atoms with E-state index in [1.54, 1.807) is 7.11 Å². The molecule has 0 saturated heterocycles. The first-order chi connectivity index (χ1) is 16.0. The zero-order valence-corrected chi connectivity index (χ0v) is 19.9. The molecule has 0 spiro atoms. The number of rotatable bonds is 9. The molecule has 1 aliphatic rings. The molecule has 3 aromatic rings. The first kappa shape index (κ1) is 22.9. The molecule has 1 unspecified atom stereocenters. The molecule has 2 N–H and O–H groups in total. The topological polar surface area (TPSA) is 84.9 Å². The Morgan fingerprint density at radius 3 is 2.15 bits per heavy atom. The van der Waals surface area contributed by atoms with E-state index in [4.69, 9.17) is 9.47 Å². The molecule has 1 amide bonds. The van der Waals surface area contributed by atoms with Gasteiger partial charge in [-0.25, -0.2) is 0 Å². The number of benzene rings is 3. The van der Waals surface area contributed by atoms with Crippen LogP contribution in [0.15, 0.2) is 72.8 Å². The van der Waals surface area contributed by atoms with Gasteiger partial charge in [0.15, 0.2) is 0 Å². The molecule has 7 heteroatoms. The normalized spacial score (nSPS) is 13.0. The number of carbonyl (C=O) groups is 2. The SMILES string of the molecule is COc1ccc(C[Se]C(CC(=O)O)NC(=O)OCC2c3ccccc3-c3ccccc32)cc1. The van der Waals surface area contributed by atoms with E-state index in [1.165, 1.54) is 0 Å². The van der Waals surface area contributed by atoms with Gasteiger partial charge in [0.2, 0.25) is 0 Å². The molecule has 0 saturated carbocycles. The van der Waals surface area contributed by atoms with Crippen molar-refractivity contribution in [1.82, 2.24) is 5.32 Å². The van der Waals surface area contributed by atoms with Gasteiger partial charge < -0.3 is 0 Å². The van der Waals surface area contributed by atoms with Crippen molar-refractivity contribution in [2.24, 2.45) is 0 Å². The number of alkyl carbamates (subject to hydrolysis) is 1. The van der Waals surface area contributed by atoms with Gasteiger partial charge in [-0.15, -0.1) is 0 Å². The predicted octanol–water partition coefficient (Wildman–Crippen LogP) is 4.24. The van der Waals surface area contributed by atoms with Crippen LogP contribution >= 0.6 is 0 Å². The van der Waals surface area contributed by atoms with Crippen LogP contribution in [0.25, 0.3) is 11.1 Å². The number of methoxy groups -OCH3 is 1. The van der Waals surface area contributed by atoms with Crippen LogP contribution in [0.2, 0.25) is 0 Å². The van der Waals surface area contributed by atoms with Crippen molar-refractivity contribution >= 4 is 27.0 Å². The third-order valence-electron chi connectivity index (χ3n) is 5.59. The Balaban J connectivity index is 1.37. The standard InChI is InChI=1S/C26H25NO5Se/c1-31-18-12-10-17(11-13-18)16-33-24(14-25(28)29)27-26(30)32-15-23-21-8-4-2-6-19(21)20-7-3-5-9-22(20)23/h2-13,23-24H,14-16H2,1H3,(H,27,30)(H,28,29). The fourth-order valence-electron chi connectivity index (χ4n) is 4.00. The van der Waals surface area contributed by atoms with Crippen molar-refractivity contribution in [2.75, 3.05) is 13.7 Å². The van der Waals surface area contributed by atoms with Crippen LogP contribution in [0.3, 0.4) is 0 Å². The fraction of sp³-hybridized carbons (Fsp3) is 0.231. The maximum absolute atomic E-state index is 12.6. The Labute approximate surface area is 199 Å². The van der Waals surface area contributed by atoms with Gasteiger partial charge in [0.25, 0.3) is 0 Å². The monoisotopic (exact) mass is 511 g/mol. The molecule has 0 fully saturated rings. The van der Waals surface area contributed by atoms with Gasteiger partial charge in [-0.1, -0.05) is 0 Å². The number of carboxylic acids is 1. The molecule has 6 nitrogen and oxygen atoms in total. The number of fused-ring (bicyclic) bond motifs is 3. The molecule has 0 bridgehead atoms. The van der Waals surface area contributed by atoms with Crippen LogP contribution in [0, 0.1) is 0 Å². The Morgan fingerprint density at radius 2 is 1.58 bits per heavy atom. The summed E-state index contributed by atoms with van der Waals surface area (Å²) in [6.45, 7) is 0.200. The molecule has 3 aromatic carbocycles.